The molecule has 3 rings (SSSR count). The number of benzene rings is 1. The number of aliphatic hydroxyl groups excluding tert-OH is 2. The zero-order valence-corrected chi connectivity index (χ0v) is 17.2. The molecule has 10 heteroatoms. The van der Waals surface area contributed by atoms with Crippen LogP contribution in [-0.2, 0) is 14.6 Å². The van der Waals surface area contributed by atoms with Crippen LogP contribution in [0.15, 0.2) is 29.2 Å². The van der Waals surface area contributed by atoms with Crippen LogP contribution >= 0.6 is 0 Å². The summed E-state index contributed by atoms with van der Waals surface area (Å²) in [5.41, 5.74) is -0.629. The van der Waals surface area contributed by atoms with Gasteiger partial charge in [-0.3, -0.25) is 0 Å². The van der Waals surface area contributed by atoms with Crippen LogP contribution in [0.5, 0.6) is 5.75 Å². The largest absolute Gasteiger partial charge is 0.493 e. The van der Waals surface area contributed by atoms with E-state index in [4.69, 9.17) is 9.47 Å². The number of nitrogens with one attached hydrogen (secondary N) is 1. The Morgan fingerprint density at radius 1 is 1.21 bits per heavy atom. The van der Waals surface area contributed by atoms with Gasteiger partial charge in [0.2, 0.25) is 0 Å². The summed E-state index contributed by atoms with van der Waals surface area (Å²) in [7, 11) is -3.29. The van der Waals surface area contributed by atoms with Gasteiger partial charge in [-0.25, -0.2) is 13.2 Å². The van der Waals surface area contributed by atoms with Gasteiger partial charge in [0, 0.05) is 31.3 Å². The fraction of sp³-hybridized carbons (Fsp3) is 0.632. The Morgan fingerprint density at radius 3 is 2.34 bits per heavy atom. The van der Waals surface area contributed by atoms with Crippen LogP contribution in [0, 0.1) is 5.41 Å². The minimum absolute atomic E-state index is 0.169. The fourth-order valence-electron chi connectivity index (χ4n) is 3.72. The van der Waals surface area contributed by atoms with Crippen LogP contribution in [-0.4, -0.2) is 87.5 Å². The molecule has 3 N–H and O–H groups in total. The summed E-state index contributed by atoms with van der Waals surface area (Å²) in [4.78, 5) is 14.3. The Morgan fingerprint density at radius 2 is 1.79 bits per heavy atom. The highest BCUT2D eigenvalue weighted by Gasteiger charge is 2.45. The Kier molecular flexibility index (Phi) is 6.67. The minimum atomic E-state index is -3.29. The molecule has 2 amide bonds. The Labute approximate surface area is 170 Å². The topological polar surface area (TPSA) is 125 Å². The number of aliphatic hydroxyl groups is 2. The molecule has 2 aliphatic rings. The monoisotopic (exact) mass is 428 g/mol. The van der Waals surface area contributed by atoms with Crippen LogP contribution in [0.25, 0.3) is 0 Å². The minimum Gasteiger partial charge on any atom is -0.493 e. The number of rotatable bonds is 6. The number of amides is 2. The first kappa shape index (κ1) is 21.8. The van der Waals surface area contributed by atoms with Crippen molar-refractivity contribution in [2.24, 2.45) is 5.41 Å². The van der Waals surface area contributed by atoms with Crippen molar-refractivity contribution in [3.8, 4) is 5.75 Å². The molecular formula is C19H28N2O7S. The standard InChI is InChI=1S/C19H28N2O7S/c1-29(25,26)15-4-2-14(3-5-15)28-13-19(10-16(22)17(23)11-19)12-20-18(24)21-6-8-27-9-7-21/h2-5,16-17,22-23H,6-13H2,1H3,(H,20,24)/t16-,17+,19?. The first-order chi connectivity index (χ1) is 13.7. The van der Waals surface area contributed by atoms with Crippen LogP contribution < -0.4 is 10.1 Å². The number of carbonyl (C=O) groups is 1. The third-order valence-corrected chi connectivity index (χ3v) is 6.57. The molecule has 29 heavy (non-hydrogen) atoms. The second-order valence-corrected chi connectivity index (χ2v) is 9.85. The molecule has 1 unspecified atom stereocenters. The molecule has 2 fully saturated rings. The van der Waals surface area contributed by atoms with E-state index in [1.807, 2.05) is 0 Å². The number of nitrogens with zero attached hydrogens (tertiary/aromatic N) is 1. The predicted molar refractivity (Wildman–Crippen MR) is 105 cm³/mol. The molecule has 1 heterocycles. The van der Waals surface area contributed by atoms with E-state index in [1.54, 1.807) is 17.0 Å². The Bertz CT molecular complexity index is 796. The number of hydrogen-bond acceptors (Lipinski definition) is 7. The molecule has 0 radical (unpaired) electrons. The van der Waals surface area contributed by atoms with Gasteiger partial charge in [-0.1, -0.05) is 0 Å². The molecule has 1 saturated carbocycles. The second kappa shape index (κ2) is 8.86. The van der Waals surface area contributed by atoms with Gasteiger partial charge < -0.3 is 29.9 Å². The maximum absolute atomic E-state index is 12.4. The van der Waals surface area contributed by atoms with Crippen molar-refractivity contribution >= 4 is 15.9 Å². The number of ether oxygens (including phenoxy) is 2. The summed E-state index contributed by atoms with van der Waals surface area (Å²) in [5.74, 6) is 0.479. The molecule has 0 spiro atoms. The van der Waals surface area contributed by atoms with Gasteiger partial charge in [-0.2, -0.15) is 0 Å². The van der Waals surface area contributed by atoms with E-state index in [9.17, 15) is 23.4 Å². The lowest BCUT2D eigenvalue weighted by molar-refractivity contribution is 0.0438. The molecule has 9 nitrogen and oxygen atoms in total. The van der Waals surface area contributed by atoms with Gasteiger partial charge in [-0.05, 0) is 37.1 Å². The van der Waals surface area contributed by atoms with Crippen LogP contribution in [0.2, 0.25) is 0 Å². The van der Waals surface area contributed by atoms with E-state index in [2.05, 4.69) is 5.32 Å². The summed E-state index contributed by atoms with van der Waals surface area (Å²) in [6.45, 7) is 2.47. The van der Waals surface area contributed by atoms with Gasteiger partial charge >= 0.3 is 6.03 Å². The lowest BCUT2D eigenvalue weighted by Crippen LogP contribution is -2.49. The van der Waals surface area contributed by atoms with E-state index in [1.165, 1.54) is 12.1 Å². The first-order valence-electron chi connectivity index (χ1n) is 9.58. The van der Waals surface area contributed by atoms with Crippen molar-refractivity contribution in [2.75, 3.05) is 45.7 Å². The summed E-state index contributed by atoms with van der Waals surface area (Å²) in [6.07, 6.45) is -0.0492. The number of hydrogen-bond donors (Lipinski definition) is 3. The summed E-state index contributed by atoms with van der Waals surface area (Å²) < 4.78 is 34.2. The van der Waals surface area contributed by atoms with Crippen molar-refractivity contribution in [2.45, 2.75) is 29.9 Å². The summed E-state index contributed by atoms with van der Waals surface area (Å²) in [6, 6.07) is 5.86. The Balaban J connectivity index is 1.63. The van der Waals surface area contributed by atoms with Crippen molar-refractivity contribution in [1.82, 2.24) is 10.2 Å². The van der Waals surface area contributed by atoms with Gasteiger partial charge in [0.1, 0.15) is 5.75 Å². The number of carbonyl (C=O) groups excluding carboxylic acids is 1. The highest BCUT2D eigenvalue weighted by atomic mass is 32.2. The fourth-order valence-corrected chi connectivity index (χ4v) is 4.35. The van der Waals surface area contributed by atoms with Crippen molar-refractivity contribution < 1.29 is 32.9 Å². The quantitative estimate of drug-likeness (QED) is 0.583. The lowest BCUT2D eigenvalue weighted by Gasteiger charge is -2.32. The lowest BCUT2D eigenvalue weighted by atomic mass is 9.86. The first-order valence-corrected chi connectivity index (χ1v) is 11.5. The molecule has 0 aromatic heterocycles. The predicted octanol–water partition coefficient (Wildman–Crippen LogP) is 0.0127. The van der Waals surface area contributed by atoms with Crippen LogP contribution in [0.4, 0.5) is 4.79 Å². The number of sulfone groups is 1. The third kappa shape index (κ3) is 5.59. The van der Waals surface area contributed by atoms with E-state index in [0.717, 1.165) is 6.26 Å². The summed E-state index contributed by atoms with van der Waals surface area (Å²) in [5, 5.41) is 23.0. The average Bonchev–Trinajstić information content (AvgIpc) is 2.99. The molecule has 1 saturated heterocycles. The van der Waals surface area contributed by atoms with Crippen LogP contribution in [0.1, 0.15) is 12.8 Å². The maximum atomic E-state index is 12.4. The highest BCUT2D eigenvalue weighted by molar-refractivity contribution is 7.90. The molecule has 0 bridgehead atoms. The number of morpholine rings is 1. The molecule has 1 aliphatic carbocycles. The molecule has 162 valence electrons. The van der Waals surface area contributed by atoms with Crippen molar-refractivity contribution in [1.29, 1.82) is 0 Å². The normalized spacial score (nSPS) is 27.6. The second-order valence-electron chi connectivity index (χ2n) is 7.83. The van der Waals surface area contributed by atoms with Crippen molar-refractivity contribution in [3.05, 3.63) is 24.3 Å². The third-order valence-electron chi connectivity index (χ3n) is 5.44. The van der Waals surface area contributed by atoms with E-state index in [0.29, 0.717) is 44.9 Å². The zero-order valence-electron chi connectivity index (χ0n) is 16.4. The van der Waals surface area contributed by atoms with Crippen molar-refractivity contribution in [3.63, 3.8) is 0 Å². The highest BCUT2D eigenvalue weighted by Crippen LogP contribution is 2.38. The SMILES string of the molecule is CS(=O)(=O)c1ccc(OCC2(CNC(=O)N3CCOCC3)C[C@@H](O)[C@@H](O)C2)cc1. The van der Waals surface area contributed by atoms with E-state index in [-0.39, 0.29) is 24.1 Å². The Hall–Kier alpha value is -1.88. The zero-order chi connectivity index (χ0) is 21.1. The smallest absolute Gasteiger partial charge is 0.317 e. The molecule has 3 atom stereocenters. The maximum Gasteiger partial charge on any atom is 0.317 e. The summed E-state index contributed by atoms with van der Waals surface area (Å²) >= 11 is 0. The molecule has 1 aromatic carbocycles. The molecule has 1 aliphatic heterocycles. The average molecular weight is 429 g/mol. The van der Waals surface area contributed by atoms with Gasteiger partial charge in [0.15, 0.2) is 9.84 Å². The van der Waals surface area contributed by atoms with Gasteiger partial charge in [0.05, 0.1) is 36.9 Å². The number of urea groups is 1. The molecule has 1 aromatic rings. The van der Waals surface area contributed by atoms with Gasteiger partial charge in [-0.15, -0.1) is 0 Å². The van der Waals surface area contributed by atoms with Crippen LogP contribution in [0.3, 0.4) is 0 Å². The van der Waals surface area contributed by atoms with E-state index < -0.39 is 27.5 Å². The molecular weight excluding hydrogens is 400 g/mol. The van der Waals surface area contributed by atoms with E-state index >= 15 is 0 Å². The van der Waals surface area contributed by atoms with Gasteiger partial charge in [0.25, 0.3) is 0 Å².